The summed E-state index contributed by atoms with van der Waals surface area (Å²) in [6.07, 6.45) is 38.8. The van der Waals surface area contributed by atoms with E-state index in [4.69, 9.17) is 18.9 Å². The van der Waals surface area contributed by atoms with Crippen LogP contribution in [-0.4, -0.2) is 96.0 Å². The number of esters is 2. The first-order valence-corrected chi connectivity index (χ1v) is 23.5. The lowest BCUT2D eigenvalue weighted by atomic mass is 10.00. The SMILES string of the molecule is CC/C=C/C=C/C=C/C=C/CCCCCCCC(=O)O[C@H](COC(=O)CCC/C=C/C/C=C/C/C=C/C/C=C/CCCCC)CO[C@H]1O[C@H](CS(=O)(=O)O)[C@@H](O)C(O)C1O. The Morgan fingerprint density at radius 1 is 0.600 bits per heavy atom. The number of rotatable bonds is 34. The summed E-state index contributed by atoms with van der Waals surface area (Å²) in [5.41, 5.74) is 0. The number of carbonyl (C=O) groups excluding carboxylic acids is 2. The van der Waals surface area contributed by atoms with Gasteiger partial charge < -0.3 is 34.3 Å². The first-order chi connectivity index (χ1) is 29.0. The van der Waals surface area contributed by atoms with Crippen molar-refractivity contribution in [2.75, 3.05) is 19.0 Å². The van der Waals surface area contributed by atoms with E-state index in [9.17, 15) is 37.9 Å². The number of aliphatic hydroxyl groups is 3. The third kappa shape index (κ3) is 30.6. The van der Waals surface area contributed by atoms with Crippen LogP contribution in [0.25, 0.3) is 0 Å². The summed E-state index contributed by atoms with van der Waals surface area (Å²) >= 11 is 0. The summed E-state index contributed by atoms with van der Waals surface area (Å²) in [5, 5.41) is 30.9. The van der Waals surface area contributed by atoms with Crippen molar-refractivity contribution in [3.63, 3.8) is 0 Å². The Balaban J connectivity index is 2.54. The van der Waals surface area contributed by atoms with Gasteiger partial charge in [-0.25, -0.2) is 0 Å². The van der Waals surface area contributed by atoms with Gasteiger partial charge in [0.05, 0.1) is 6.61 Å². The molecule has 12 nitrogen and oxygen atoms in total. The van der Waals surface area contributed by atoms with E-state index in [1.165, 1.54) is 19.3 Å². The molecule has 340 valence electrons. The average molecular weight is 863 g/mol. The van der Waals surface area contributed by atoms with Crippen LogP contribution >= 0.6 is 0 Å². The van der Waals surface area contributed by atoms with Gasteiger partial charge in [0.1, 0.15) is 36.8 Å². The van der Waals surface area contributed by atoms with Gasteiger partial charge in [-0.05, 0) is 70.6 Å². The van der Waals surface area contributed by atoms with Gasteiger partial charge in [0.2, 0.25) is 0 Å². The van der Waals surface area contributed by atoms with E-state index in [-0.39, 0.29) is 19.4 Å². The highest BCUT2D eigenvalue weighted by Crippen LogP contribution is 2.24. The molecule has 1 aliphatic heterocycles. The fourth-order valence-corrected chi connectivity index (χ4v) is 6.54. The van der Waals surface area contributed by atoms with E-state index < -0.39 is 71.2 Å². The summed E-state index contributed by atoms with van der Waals surface area (Å²) in [4.78, 5) is 25.4. The first-order valence-electron chi connectivity index (χ1n) is 21.8. The second-order valence-corrected chi connectivity index (χ2v) is 16.2. The molecule has 60 heavy (non-hydrogen) atoms. The van der Waals surface area contributed by atoms with Crippen molar-refractivity contribution in [1.29, 1.82) is 0 Å². The number of carbonyl (C=O) groups is 2. The Morgan fingerprint density at radius 2 is 1.13 bits per heavy atom. The molecule has 2 unspecified atom stereocenters. The van der Waals surface area contributed by atoms with Crippen LogP contribution in [0.4, 0.5) is 0 Å². The number of hydrogen-bond acceptors (Lipinski definition) is 11. The Bertz CT molecular complexity index is 1480. The predicted molar refractivity (Wildman–Crippen MR) is 237 cm³/mol. The number of allylic oxidation sites excluding steroid dienone is 16. The van der Waals surface area contributed by atoms with Gasteiger partial charge in [-0.3, -0.25) is 14.1 Å². The van der Waals surface area contributed by atoms with Gasteiger partial charge in [0.25, 0.3) is 10.1 Å². The molecule has 0 aromatic rings. The highest BCUT2D eigenvalue weighted by Gasteiger charge is 2.46. The number of unbranched alkanes of at least 4 members (excludes halogenated alkanes) is 9. The number of hydrogen-bond donors (Lipinski definition) is 4. The molecule has 0 amide bonds. The molecule has 0 bridgehead atoms. The highest BCUT2D eigenvalue weighted by atomic mass is 32.2. The molecule has 0 radical (unpaired) electrons. The average Bonchev–Trinajstić information content (AvgIpc) is 3.21. The van der Waals surface area contributed by atoms with Crippen molar-refractivity contribution in [3.8, 4) is 0 Å². The van der Waals surface area contributed by atoms with E-state index in [1.54, 1.807) is 0 Å². The molecule has 1 fully saturated rings. The molecule has 1 saturated heterocycles. The molecule has 6 atom stereocenters. The summed E-state index contributed by atoms with van der Waals surface area (Å²) in [7, 11) is -4.62. The summed E-state index contributed by atoms with van der Waals surface area (Å²) in [5.74, 6) is -2.10. The maximum Gasteiger partial charge on any atom is 0.306 e. The summed E-state index contributed by atoms with van der Waals surface area (Å²) in [6, 6.07) is 0. The third-order valence-corrected chi connectivity index (χ3v) is 9.99. The van der Waals surface area contributed by atoms with Crippen LogP contribution in [-0.2, 0) is 38.7 Å². The van der Waals surface area contributed by atoms with Crippen molar-refractivity contribution >= 4 is 22.1 Å². The van der Waals surface area contributed by atoms with E-state index in [0.29, 0.717) is 19.3 Å². The van der Waals surface area contributed by atoms with Crippen LogP contribution in [0.3, 0.4) is 0 Å². The lowest BCUT2D eigenvalue weighted by Crippen LogP contribution is -2.60. The van der Waals surface area contributed by atoms with Gasteiger partial charge in [-0.2, -0.15) is 8.42 Å². The molecule has 4 N–H and O–H groups in total. The van der Waals surface area contributed by atoms with Crippen molar-refractivity contribution in [1.82, 2.24) is 0 Å². The second kappa shape index (κ2) is 36.2. The van der Waals surface area contributed by atoms with Gasteiger partial charge in [0.15, 0.2) is 12.4 Å². The number of ether oxygens (including phenoxy) is 4. The Labute approximate surface area is 360 Å². The Morgan fingerprint density at radius 3 is 1.77 bits per heavy atom. The van der Waals surface area contributed by atoms with Crippen molar-refractivity contribution in [3.05, 3.63) is 97.2 Å². The van der Waals surface area contributed by atoms with Gasteiger partial charge >= 0.3 is 11.9 Å². The topological polar surface area (TPSA) is 186 Å². The molecule has 1 rings (SSSR count). The molecule has 0 saturated carbocycles. The van der Waals surface area contributed by atoms with Crippen LogP contribution in [0, 0.1) is 0 Å². The Hall–Kier alpha value is -3.43. The van der Waals surface area contributed by atoms with Crippen LogP contribution in [0.15, 0.2) is 97.2 Å². The lowest BCUT2D eigenvalue weighted by Gasteiger charge is -2.40. The van der Waals surface area contributed by atoms with Crippen molar-refractivity contribution < 1.29 is 56.8 Å². The van der Waals surface area contributed by atoms with E-state index >= 15 is 0 Å². The smallest absolute Gasteiger partial charge is 0.306 e. The maximum atomic E-state index is 12.8. The zero-order valence-corrected chi connectivity index (χ0v) is 36.8. The fourth-order valence-electron chi connectivity index (χ4n) is 5.85. The minimum Gasteiger partial charge on any atom is -0.462 e. The maximum absolute atomic E-state index is 12.8. The third-order valence-electron chi connectivity index (χ3n) is 9.24. The minimum absolute atomic E-state index is 0.120. The molecule has 0 spiro atoms. The quantitative estimate of drug-likeness (QED) is 0.0159. The van der Waals surface area contributed by atoms with Gasteiger partial charge in [-0.15, -0.1) is 0 Å². The van der Waals surface area contributed by atoms with Crippen LogP contribution in [0.1, 0.15) is 129 Å². The fraction of sp³-hybridized carbons (Fsp3) is 0.617. The van der Waals surface area contributed by atoms with Gasteiger partial charge in [-0.1, -0.05) is 143 Å². The zero-order chi connectivity index (χ0) is 44.1. The first kappa shape index (κ1) is 54.6. The monoisotopic (exact) mass is 862 g/mol. The predicted octanol–water partition coefficient (Wildman–Crippen LogP) is 8.66. The zero-order valence-electron chi connectivity index (χ0n) is 36.0. The van der Waals surface area contributed by atoms with E-state index in [2.05, 4.69) is 62.5 Å². The highest BCUT2D eigenvalue weighted by molar-refractivity contribution is 7.85. The molecule has 0 aliphatic carbocycles. The van der Waals surface area contributed by atoms with E-state index in [1.807, 2.05) is 48.6 Å². The molecule has 1 aliphatic rings. The molecule has 1 heterocycles. The molecular formula is C47H74O12S. The van der Waals surface area contributed by atoms with Crippen LogP contribution < -0.4 is 0 Å². The Kier molecular flexibility index (Phi) is 33.0. The van der Waals surface area contributed by atoms with Crippen LogP contribution in [0.5, 0.6) is 0 Å². The lowest BCUT2D eigenvalue weighted by molar-refractivity contribution is -0.297. The number of aliphatic hydroxyl groups excluding tert-OH is 3. The normalized spacial score (nSPS) is 21.1. The minimum atomic E-state index is -4.62. The second-order valence-electron chi connectivity index (χ2n) is 14.7. The molecule has 0 aromatic carbocycles. The largest absolute Gasteiger partial charge is 0.462 e. The van der Waals surface area contributed by atoms with E-state index in [0.717, 1.165) is 64.2 Å². The summed E-state index contributed by atoms with van der Waals surface area (Å²) < 4.78 is 53.9. The molecular weight excluding hydrogens is 789 g/mol. The van der Waals surface area contributed by atoms with Gasteiger partial charge in [0, 0.05) is 12.8 Å². The van der Waals surface area contributed by atoms with Crippen molar-refractivity contribution in [2.24, 2.45) is 0 Å². The molecule has 0 aromatic heterocycles. The summed E-state index contributed by atoms with van der Waals surface area (Å²) in [6.45, 7) is 3.50. The van der Waals surface area contributed by atoms with Crippen molar-refractivity contribution in [2.45, 2.75) is 166 Å². The standard InChI is InChI=1S/C47H74O12S/c1-3-5-7-9-11-13-15-17-19-20-22-23-25-27-29-31-33-35-42(48)56-37-40(38-57-47-46(52)45(51)44(50)41(59-47)39-60(53,54)55)58-43(49)36-34-32-30-28-26-24-21-18-16-14-12-10-8-6-4-2/h6,8,10-14,16-19,21-23,27,29,40-41,44-47,50-52H,3-5,7,9,15,20,24-26,28,30-39H2,1-2H3,(H,53,54,55)/b8-6+,12-10+,13-11+,16-14+,19-17+,21-18+,23-22+,29-27+/t40-,41-,44-,45?,46?,47+/m1/s1. The molecule has 13 heteroatoms. The van der Waals surface area contributed by atoms with Crippen LogP contribution in [0.2, 0.25) is 0 Å².